The molecule has 0 atom stereocenters. The Bertz CT molecular complexity index is 248. The molecule has 1 aromatic heterocycles. The quantitative estimate of drug-likeness (QED) is 0.672. The third-order valence-electron chi connectivity index (χ3n) is 1.13. The Kier molecular flexibility index (Phi) is 5.61. The van der Waals surface area contributed by atoms with E-state index in [1.54, 1.807) is 6.33 Å². The predicted octanol–water partition coefficient (Wildman–Crippen LogP) is 2.80. The van der Waals surface area contributed by atoms with Crippen molar-refractivity contribution in [2.45, 2.75) is 20.8 Å². The summed E-state index contributed by atoms with van der Waals surface area (Å²) in [6.45, 7) is 9.32. The maximum absolute atomic E-state index is 3.92. The number of H-pyrrole nitrogens is 1. The van der Waals surface area contributed by atoms with Gasteiger partial charge in [0.05, 0.1) is 12.0 Å². The largest absolute Gasteiger partial charge is 0.343 e. The molecule has 0 aliphatic heterocycles. The fourth-order valence-electron chi connectivity index (χ4n) is 0.712. The summed E-state index contributed by atoms with van der Waals surface area (Å²) in [4.78, 5) is 10.5. The summed E-state index contributed by atoms with van der Waals surface area (Å²) in [7, 11) is 0. The zero-order valence-corrected chi connectivity index (χ0v) is 7.83. The Labute approximate surface area is 73.3 Å². The maximum Gasteiger partial charge on any atom is 0.176 e. The second-order valence-electron chi connectivity index (χ2n) is 1.80. The monoisotopic (exact) mass is 165 g/mol. The molecule has 1 aromatic rings. The summed E-state index contributed by atoms with van der Waals surface area (Å²) >= 11 is 0. The summed E-state index contributed by atoms with van der Waals surface area (Å²) in [6, 6.07) is 0. The lowest BCUT2D eigenvalue weighted by Gasteiger charge is -1.85. The van der Waals surface area contributed by atoms with E-state index in [9.17, 15) is 0 Å². The van der Waals surface area contributed by atoms with Gasteiger partial charge in [-0.2, -0.15) is 0 Å². The lowest BCUT2D eigenvalue weighted by molar-refractivity contribution is 1.30. The summed E-state index contributed by atoms with van der Waals surface area (Å²) in [5.74, 6) is 0.651. The highest BCUT2D eigenvalue weighted by atomic mass is 15.0. The zero-order valence-electron chi connectivity index (χ0n) is 7.83. The van der Waals surface area contributed by atoms with Gasteiger partial charge in [-0.1, -0.05) is 19.9 Å². The van der Waals surface area contributed by atoms with Gasteiger partial charge < -0.3 is 4.98 Å². The van der Waals surface area contributed by atoms with E-state index >= 15 is 0 Å². The normalized spacial score (nSPS) is 9.25. The van der Waals surface area contributed by atoms with Gasteiger partial charge in [-0.15, -0.1) is 0 Å². The van der Waals surface area contributed by atoms with Crippen molar-refractivity contribution in [3.8, 4) is 0 Å². The molecule has 0 radical (unpaired) electrons. The van der Waals surface area contributed by atoms with Crippen LogP contribution in [-0.2, 0) is 0 Å². The van der Waals surface area contributed by atoms with Gasteiger partial charge in [0.1, 0.15) is 0 Å². The molecule has 0 bridgehead atoms. The molecule has 0 saturated carbocycles. The van der Waals surface area contributed by atoms with Crippen molar-refractivity contribution >= 4 is 18.6 Å². The third kappa shape index (κ3) is 2.70. The molecule has 66 valence electrons. The lowest BCUT2D eigenvalue weighted by atomic mass is 10.4. The second-order valence-corrected chi connectivity index (χ2v) is 1.80. The number of rotatable bonds is 2. The summed E-state index contributed by atoms with van der Waals surface area (Å²) in [5.41, 5.74) is 0.900. The molecule has 1 heterocycles. The van der Waals surface area contributed by atoms with Crippen molar-refractivity contribution < 1.29 is 0 Å². The van der Waals surface area contributed by atoms with Gasteiger partial charge in [0.2, 0.25) is 0 Å². The van der Waals surface area contributed by atoms with Crippen molar-refractivity contribution in [1.29, 1.82) is 0 Å². The number of hydrogen-bond acceptors (Lipinski definition) is 2. The number of aromatic nitrogens is 2. The number of nitrogens with zero attached hydrogens (tertiary/aromatic N) is 2. The minimum atomic E-state index is 0.651. The maximum atomic E-state index is 3.92. The Morgan fingerprint density at radius 3 is 2.75 bits per heavy atom. The topological polar surface area (TPSA) is 41.0 Å². The van der Waals surface area contributed by atoms with E-state index in [1.807, 2.05) is 32.9 Å². The molecule has 12 heavy (non-hydrogen) atoms. The van der Waals surface area contributed by atoms with Gasteiger partial charge in [-0.25, -0.2) is 9.98 Å². The van der Waals surface area contributed by atoms with Crippen LogP contribution in [0.3, 0.4) is 0 Å². The first-order chi connectivity index (χ1) is 5.88. The molecular weight excluding hydrogens is 150 g/mol. The Hall–Kier alpha value is -1.38. The summed E-state index contributed by atoms with van der Waals surface area (Å²) < 4.78 is 0. The second kappa shape index (κ2) is 6.34. The van der Waals surface area contributed by atoms with Crippen LogP contribution in [0.25, 0.3) is 6.08 Å². The van der Waals surface area contributed by atoms with Crippen molar-refractivity contribution in [1.82, 2.24) is 9.97 Å². The molecule has 3 nitrogen and oxygen atoms in total. The highest BCUT2D eigenvalue weighted by Gasteiger charge is 1.95. The first kappa shape index (κ1) is 10.6. The molecule has 1 rings (SSSR count). The van der Waals surface area contributed by atoms with Crippen LogP contribution in [0.5, 0.6) is 0 Å². The van der Waals surface area contributed by atoms with Crippen LogP contribution in [0.15, 0.2) is 17.4 Å². The molecule has 3 heteroatoms. The molecule has 0 amide bonds. The van der Waals surface area contributed by atoms with Crippen molar-refractivity contribution in [3.63, 3.8) is 0 Å². The van der Waals surface area contributed by atoms with E-state index in [2.05, 4.69) is 21.7 Å². The number of imidazole rings is 1. The van der Waals surface area contributed by atoms with Crippen LogP contribution in [0, 0.1) is 0 Å². The average molecular weight is 165 g/mol. The molecule has 0 spiro atoms. The van der Waals surface area contributed by atoms with Gasteiger partial charge in [0, 0.05) is 0 Å². The number of hydrogen-bond donors (Lipinski definition) is 1. The SMILES string of the molecule is C=Nc1nc[nH]c1/C=C\C.CC. The number of aliphatic imine (C=N–C) groups is 1. The molecule has 0 unspecified atom stereocenters. The summed E-state index contributed by atoms with van der Waals surface area (Å²) in [6.07, 6.45) is 5.42. The van der Waals surface area contributed by atoms with Crippen LogP contribution in [-0.4, -0.2) is 16.7 Å². The van der Waals surface area contributed by atoms with Crippen molar-refractivity contribution in [3.05, 3.63) is 18.1 Å². The fourth-order valence-corrected chi connectivity index (χ4v) is 0.712. The van der Waals surface area contributed by atoms with E-state index in [1.165, 1.54) is 0 Å². The van der Waals surface area contributed by atoms with E-state index in [0.717, 1.165) is 5.69 Å². The van der Waals surface area contributed by atoms with Gasteiger partial charge in [-0.05, 0) is 19.7 Å². The first-order valence-corrected chi connectivity index (χ1v) is 4.01. The third-order valence-corrected chi connectivity index (χ3v) is 1.13. The van der Waals surface area contributed by atoms with Gasteiger partial charge in [-0.3, -0.25) is 0 Å². The zero-order chi connectivity index (χ0) is 9.40. The lowest BCUT2D eigenvalue weighted by Crippen LogP contribution is -1.68. The van der Waals surface area contributed by atoms with Crippen molar-refractivity contribution in [2.75, 3.05) is 0 Å². The minimum absolute atomic E-state index is 0.651. The highest BCUT2D eigenvalue weighted by molar-refractivity contribution is 5.58. The molecule has 0 aromatic carbocycles. The smallest absolute Gasteiger partial charge is 0.176 e. The van der Waals surface area contributed by atoms with Gasteiger partial charge in [0.25, 0.3) is 0 Å². The Morgan fingerprint density at radius 2 is 2.25 bits per heavy atom. The molecule has 0 fully saturated rings. The van der Waals surface area contributed by atoms with E-state index < -0.39 is 0 Å². The van der Waals surface area contributed by atoms with Crippen LogP contribution in [0.2, 0.25) is 0 Å². The van der Waals surface area contributed by atoms with Gasteiger partial charge >= 0.3 is 0 Å². The predicted molar refractivity (Wildman–Crippen MR) is 53.9 cm³/mol. The number of allylic oxidation sites excluding steroid dienone is 1. The molecule has 0 aliphatic carbocycles. The molecular formula is C9H15N3. The van der Waals surface area contributed by atoms with Crippen LogP contribution in [0.1, 0.15) is 26.5 Å². The first-order valence-electron chi connectivity index (χ1n) is 4.01. The van der Waals surface area contributed by atoms with E-state index in [4.69, 9.17) is 0 Å². The number of nitrogens with one attached hydrogen (secondary N) is 1. The summed E-state index contributed by atoms with van der Waals surface area (Å²) in [5, 5.41) is 0. The molecule has 0 saturated heterocycles. The van der Waals surface area contributed by atoms with E-state index in [-0.39, 0.29) is 0 Å². The standard InChI is InChI=1S/C7H9N3.C2H6/c1-3-4-6-7(8-2)10-5-9-6;1-2/h3-5H,2H2,1H3,(H,9,10);1-2H3/b4-3-;. The van der Waals surface area contributed by atoms with Crippen LogP contribution in [0.4, 0.5) is 5.82 Å². The van der Waals surface area contributed by atoms with Gasteiger partial charge in [0.15, 0.2) is 5.82 Å². The fraction of sp³-hybridized carbons (Fsp3) is 0.333. The highest BCUT2D eigenvalue weighted by Crippen LogP contribution is 2.13. The van der Waals surface area contributed by atoms with Crippen LogP contribution < -0.4 is 0 Å². The molecule has 1 N–H and O–H groups in total. The Morgan fingerprint density at radius 1 is 1.58 bits per heavy atom. The van der Waals surface area contributed by atoms with Crippen LogP contribution >= 0.6 is 0 Å². The molecule has 0 aliphatic rings. The van der Waals surface area contributed by atoms with Crippen molar-refractivity contribution in [2.24, 2.45) is 4.99 Å². The Balaban J connectivity index is 0.000000561. The number of aromatic amines is 1. The average Bonchev–Trinajstić information content (AvgIpc) is 2.56. The minimum Gasteiger partial charge on any atom is -0.343 e. The van der Waals surface area contributed by atoms with E-state index in [0.29, 0.717) is 5.82 Å².